The van der Waals surface area contributed by atoms with Crippen molar-refractivity contribution in [2.45, 2.75) is 6.92 Å². The molecule has 4 nitrogen and oxygen atoms in total. The Balaban J connectivity index is 2.34. The third-order valence-corrected chi connectivity index (χ3v) is 2.95. The summed E-state index contributed by atoms with van der Waals surface area (Å²) >= 11 is 3.36. The number of rotatable bonds is 2. The predicted molar refractivity (Wildman–Crippen MR) is 71.9 cm³/mol. The Labute approximate surface area is 108 Å². The van der Waals surface area contributed by atoms with Gasteiger partial charge in [0.2, 0.25) is 0 Å². The molecule has 0 saturated heterocycles. The number of nitrogens with zero attached hydrogens (tertiary/aromatic N) is 2. The third-order valence-electron chi connectivity index (χ3n) is 2.42. The number of carbonyl (C=O) groups excluding carboxylic acids is 1. The molecule has 88 valence electrons. The van der Waals surface area contributed by atoms with E-state index in [2.05, 4.69) is 26.3 Å². The zero-order valence-electron chi connectivity index (χ0n) is 9.57. The van der Waals surface area contributed by atoms with Gasteiger partial charge in [0, 0.05) is 17.7 Å². The van der Waals surface area contributed by atoms with Gasteiger partial charge in [-0.2, -0.15) is 10.1 Å². The maximum Gasteiger partial charge on any atom is 0.282 e. The van der Waals surface area contributed by atoms with Crippen LogP contribution in [0.1, 0.15) is 6.92 Å². The van der Waals surface area contributed by atoms with Gasteiger partial charge in [0.15, 0.2) is 0 Å². The Kier molecular flexibility index (Phi) is 3.28. The van der Waals surface area contributed by atoms with Gasteiger partial charge in [-0.25, -0.2) is 0 Å². The third kappa shape index (κ3) is 2.24. The van der Waals surface area contributed by atoms with Crippen LogP contribution in [0.4, 0.5) is 5.69 Å². The summed E-state index contributed by atoms with van der Waals surface area (Å²) in [5, 5.41) is 8.51. The van der Waals surface area contributed by atoms with Gasteiger partial charge in [0.1, 0.15) is 0 Å². The minimum Gasteiger partial charge on any atom is -0.393 e. The van der Waals surface area contributed by atoms with Gasteiger partial charge < -0.3 is 5.32 Å². The zero-order valence-corrected chi connectivity index (χ0v) is 11.2. The van der Waals surface area contributed by atoms with Crippen molar-refractivity contribution in [3.63, 3.8) is 0 Å². The fraction of sp³-hybridized carbons (Fsp3) is 0.167. The van der Waals surface area contributed by atoms with E-state index in [9.17, 15) is 4.79 Å². The predicted octanol–water partition coefficient (Wildman–Crippen LogP) is 2.27. The highest BCUT2D eigenvalue weighted by Crippen LogP contribution is 2.24. The molecule has 0 saturated carbocycles. The number of hydrazone groups is 1. The van der Waals surface area contributed by atoms with Crippen LogP contribution in [-0.2, 0) is 4.79 Å². The van der Waals surface area contributed by atoms with Crippen LogP contribution in [0.5, 0.6) is 0 Å². The van der Waals surface area contributed by atoms with Gasteiger partial charge >= 0.3 is 0 Å². The van der Waals surface area contributed by atoms with Gasteiger partial charge in [-0.05, 0) is 31.2 Å². The fourth-order valence-electron chi connectivity index (χ4n) is 1.59. The van der Waals surface area contributed by atoms with Crippen molar-refractivity contribution >= 4 is 33.2 Å². The van der Waals surface area contributed by atoms with E-state index in [1.54, 1.807) is 13.2 Å². The van der Waals surface area contributed by atoms with E-state index in [0.29, 0.717) is 11.3 Å². The van der Waals surface area contributed by atoms with Crippen LogP contribution in [0.25, 0.3) is 0 Å². The summed E-state index contributed by atoms with van der Waals surface area (Å²) in [6.07, 6.45) is 1.67. The van der Waals surface area contributed by atoms with E-state index in [4.69, 9.17) is 0 Å². The van der Waals surface area contributed by atoms with E-state index in [0.717, 1.165) is 10.2 Å². The van der Waals surface area contributed by atoms with Gasteiger partial charge in [0.05, 0.1) is 17.0 Å². The van der Waals surface area contributed by atoms with Crippen molar-refractivity contribution < 1.29 is 4.79 Å². The molecular weight excluding hydrogens is 282 g/mol. The molecule has 1 N–H and O–H groups in total. The molecule has 0 aliphatic carbocycles. The molecule has 2 rings (SSSR count). The second-order valence-electron chi connectivity index (χ2n) is 3.63. The topological polar surface area (TPSA) is 44.7 Å². The monoisotopic (exact) mass is 293 g/mol. The van der Waals surface area contributed by atoms with Crippen molar-refractivity contribution in [3.05, 3.63) is 40.5 Å². The Hall–Kier alpha value is -1.62. The first kappa shape index (κ1) is 11.9. The molecule has 1 aromatic rings. The molecule has 0 aromatic heterocycles. The fourth-order valence-corrected chi connectivity index (χ4v) is 1.85. The molecule has 0 bridgehead atoms. The maximum absolute atomic E-state index is 12.1. The molecule has 5 heteroatoms. The Bertz CT molecular complexity index is 505. The summed E-state index contributed by atoms with van der Waals surface area (Å²) in [5.41, 5.74) is 2.07. The summed E-state index contributed by atoms with van der Waals surface area (Å²) in [6.45, 7) is 1.82. The Morgan fingerprint density at radius 1 is 1.35 bits per heavy atom. The highest BCUT2D eigenvalue weighted by atomic mass is 79.9. The number of benzene rings is 1. The standard InChI is InChI=1S/C12H12BrN3O/c1-8-11(7-14-2)12(17)16(15-8)10-5-3-9(13)4-6-10/h3-7,14H,1-2H3/b11-7+. The second kappa shape index (κ2) is 4.71. The van der Waals surface area contributed by atoms with Gasteiger partial charge in [0.25, 0.3) is 5.91 Å². The van der Waals surface area contributed by atoms with Crippen LogP contribution in [-0.4, -0.2) is 18.7 Å². The molecule has 0 atom stereocenters. The van der Waals surface area contributed by atoms with Crippen molar-refractivity contribution in [1.82, 2.24) is 5.32 Å². The van der Waals surface area contributed by atoms with Crippen LogP contribution in [0.3, 0.4) is 0 Å². The molecule has 1 aliphatic heterocycles. The van der Waals surface area contributed by atoms with E-state index in [1.807, 2.05) is 31.2 Å². The first-order valence-electron chi connectivity index (χ1n) is 5.16. The van der Waals surface area contributed by atoms with E-state index in [1.165, 1.54) is 5.01 Å². The quantitative estimate of drug-likeness (QED) is 0.850. The number of carbonyl (C=O) groups is 1. The first-order valence-corrected chi connectivity index (χ1v) is 5.96. The van der Waals surface area contributed by atoms with Crippen molar-refractivity contribution in [2.75, 3.05) is 12.1 Å². The lowest BCUT2D eigenvalue weighted by atomic mass is 10.2. The van der Waals surface area contributed by atoms with E-state index >= 15 is 0 Å². The van der Waals surface area contributed by atoms with Gasteiger partial charge in [-0.15, -0.1) is 0 Å². The maximum atomic E-state index is 12.1. The molecular formula is C12H12BrN3O. The van der Waals surface area contributed by atoms with Crippen molar-refractivity contribution in [3.8, 4) is 0 Å². The van der Waals surface area contributed by atoms with Crippen LogP contribution in [0, 0.1) is 0 Å². The van der Waals surface area contributed by atoms with Crippen molar-refractivity contribution in [1.29, 1.82) is 0 Å². The summed E-state index contributed by atoms with van der Waals surface area (Å²) in [7, 11) is 1.76. The lowest BCUT2D eigenvalue weighted by Crippen LogP contribution is -2.22. The molecule has 1 aromatic carbocycles. The van der Waals surface area contributed by atoms with Crippen LogP contribution in [0.15, 0.2) is 45.6 Å². The number of nitrogens with one attached hydrogen (secondary N) is 1. The minimum atomic E-state index is -0.112. The van der Waals surface area contributed by atoms with Crippen LogP contribution >= 0.6 is 15.9 Å². The van der Waals surface area contributed by atoms with Gasteiger partial charge in [-0.1, -0.05) is 15.9 Å². The summed E-state index contributed by atoms with van der Waals surface area (Å²) in [4.78, 5) is 12.1. The average molecular weight is 294 g/mol. The second-order valence-corrected chi connectivity index (χ2v) is 4.54. The average Bonchev–Trinajstić information content (AvgIpc) is 2.59. The first-order chi connectivity index (χ1) is 8.13. The molecule has 0 fully saturated rings. The van der Waals surface area contributed by atoms with Crippen LogP contribution < -0.4 is 10.3 Å². The lowest BCUT2D eigenvalue weighted by Gasteiger charge is -2.11. The van der Waals surface area contributed by atoms with Gasteiger partial charge in [-0.3, -0.25) is 4.79 Å². The number of halogens is 1. The molecule has 1 aliphatic rings. The number of anilines is 1. The normalized spacial score (nSPS) is 17.6. The molecule has 17 heavy (non-hydrogen) atoms. The number of hydrogen-bond acceptors (Lipinski definition) is 3. The number of amides is 1. The smallest absolute Gasteiger partial charge is 0.282 e. The molecule has 0 spiro atoms. The van der Waals surface area contributed by atoms with E-state index in [-0.39, 0.29) is 5.91 Å². The number of hydrogen-bond donors (Lipinski definition) is 1. The summed E-state index contributed by atoms with van der Waals surface area (Å²) in [6, 6.07) is 7.46. The zero-order chi connectivity index (χ0) is 12.4. The minimum absolute atomic E-state index is 0.112. The van der Waals surface area contributed by atoms with Crippen molar-refractivity contribution in [2.24, 2.45) is 5.10 Å². The largest absolute Gasteiger partial charge is 0.393 e. The molecule has 1 heterocycles. The lowest BCUT2D eigenvalue weighted by molar-refractivity contribution is -0.114. The Morgan fingerprint density at radius 2 is 2.00 bits per heavy atom. The van der Waals surface area contributed by atoms with E-state index < -0.39 is 0 Å². The highest BCUT2D eigenvalue weighted by Gasteiger charge is 2.28. The molecule has 0 radical (unpaired) electrons. The summed E-state index contributed by atoms with van der Waals surface area (Å²) < 4.78 is 0.972. The Morgan fingerprint density at radius 3 is 2.59 bits per heavy atom. The van der Waals surface area contributed by atoms with Crippen LogP contribution in [0.2, 0.25) is 0 Å². The highest BCUT2D eigenvalue weighted by molar-refractivity contribution is 9.10. The summed E-state index contributed by atoms with van der Waals surface area (Å²) in [5.74, 6) is -0.112. The molecule has 0 unspecified atom stereocenters. The molecule has 1 amide bonds. The SMILES string of the molecule is CN/C=C1/C(=O)N(c2ccc(Br)cc2)N=C1C.